The van der Waals surface area contributed by atoms with Gasteiger partial charge in [-0.1, -0.05) is 42.5 Å². The second-order valence-electron chi connectivity index (χ2n) is 5.18. The number of carboxylic acid groups (broad SMARTS) is 1. The van der Waals surface area contributed by atoms with Crippen molar-refractivity contribution in [3.8, 4) is 5.75 Å². The second-order valence-corrected chi connectivity index (χ2v) is 5.18. The Kier molecular flexibility index (Phi) is 3.62. The molecule has 1 aliphatic heterocycles. The molecule has 1 aliphatic rings. The van der Waals surface area contributed by atoms with Crippen molar-refractivity contribution in [2.45, 2.75) is 12.0 Å². The van der Waals surface area contributed by atoms with E-state index in [4.69, 9.17) is 9.47 Å². The maximum absolute atomic E-state index is 11.4. The highest BCUT2D eigenvalue weighted by atomic mass is 16.5. The summed E-state index contributed by atoms with van der Waals surface area (Å²) in [6.45, 7) is 0.951. The predicted molar refractivity (Wildman–Crippen MR) is 77.3 cm³/mol. The van der Waals surface area contributed by atoms with Gasteiger partial charge in [-0.2, -0.15) is 0 Å². The fourth-order valence-electron chi connectivity index (χ4n) is 2.33. The molecule has 0 aromatic heterocycles. The van der Waals surface area contributed by atoms with E-state index in [-0.39, 0.29) is 13.2 Å². The van der Waals surface area contributed by atoms with Crippen LogP contribution in [0.5, 0.6) is 5.75 Å². The van der Waals surface area contributed by atoms with Gasteiger partial charge < -0.3 is 14.6 Å². The molecule has 0 radical (unpaired) electrons. The molecule has 0 atom stereocenters. The topological polar surface area (TPSA) is 55.8 Å². The molecule has 21 heavy (non-hydrogen) atoms. The van der Waals surface area contributed by atoms with E-state index in [0.717, 1.165) is 16.9 Å². The lowest BCUT2D eigenvalue weighted by Gasteiger charge is -2.37. The number of carboxylic acids is 1. The van der Waals surface area contributed by atoms with Crippen LogP contribution in [0.15, 0.2) is 54.6 Å². The monoisotopic (exact) mass is 284 g/mol. The Morgan fingerprint density at radius 1 is 1.10 bits per heavy atom. The quantitative estimate of drug-likeness (QED) is 0.917. The van der Waals surface area contributed by atoms with E-state index < -0.39 is 11.4 Å². The van der Waals surface area contributed by atoms with Gasteiger partial charge in [0, 0.05) is 0 Å². The van der Waals surface area contributed by atoms with Crippen LogP contribution in [0.3, 0.4) is 0 Å². The SMILES string of the molecule is O=C(O)C1(c2ccc(OCc3ccccc3)cc2)COC1. The molecule has 4 heteroatoms. The Morgan fingerprint density at radius 2 is 1.76 bits per heavy atom. The average Bonchev–Trinajstić information content (AvgIpc) is 2.46. The Bertz CT molecular complexity index is 615. The van der Waals surface area contributed by atoms with E-state index in [9.17, 15) is 9.90 Å². The van der Waals surface area contributed by atoms with Gasteiger partial charge in [-0.15, -0.1) is 0 Å². The Hall–Kier alpha value is -2.33. The fourth-order valence-corrected chi connectivity index (χ4v) is 2.33. The number of benzene rings is 2. The van der Waals surface area contributed by atoms with Crippen molar-refractivity contribution in [2.24, 2.45) is 0 Å². The minimum Gasteiger partial charge on any atom is -0.489 e. The van der Waals surface area contributed by atoms with Gasteiger partial charge in [-0.25, -0.2) is 0 Å². The summed E-state index contributed by atoms with van der Waals surface area (Å²) in [5, 5.41) is 9.35. The molecule has 1 fully saturated rings. The normalized spacial score (nSPS) is 16.0. The zero-order valence-corrected chi connectivity index (χ0v) is 11.5. The Balaban J connectivity index is 1.68. The number of hydrogen-bond acceptors (Lipinski definition) is 3. The summed E-state index contributed by atoms with van der Waals surface area (Å²) in [6, 6.07) is 17.1. The van der Waals surface area contributed by atoms with E-state index in [0.29, 0.717) is 6.61 Å². The van der Waals surface area contributed by atoms with Crippen LogP contribution >= 0.6 is 0 Å². The van der Waals surface area contributed by atoms with Gasteiger partial charge in [0.1, 0.15) is 17.8 Å². The third-order valence-electron chi connectivity index (χ3n) is 3.76. The Morgan fingerprint density at radius 3 is 2.29 bits per heavy atom. The van der Waals surface area contributed by atoms with Gasteiger partial charge >= 0.3 is 5.97 Å². The van der Waals surface area contributed by atoms with E-state index >= 15 is 0 Å². The van der Waals surface area contributed by atoms with Crippen LogP contribution in [-0.4, -0.2) is 24.3 Å². The predicted octanol–water partition coefficient (Wildman–Crippen LogP) is 2.62. The lowest BCUT2D eigenvalue weighted by atomic mass is 9.79. The maximum atomic E-state index is 11.4. The molecule has 1 saturated heterocycles. The van der Waals surface area contributed by atoms with E-state index in [1.165, 1.54) is 0 Å². The van der Waals surface area contributed by atoms with Crippen LogP contribution in [0.2, 0.25) is 0 Å². The van der Waals surface area contributed by atoms with Crippen LogP contribution < -0.4 is 4.74 Å². The van der Waals surface area contributed by atoms with Crippen molar-refractivity contribution in [3.63, 3.8) is 0 Å². The molecular formula is C17H16O4. The van der Waals surface area contributed by atoms with Crippen molar-refractivity contribution in [3.05, 3.63) is 65.7 Å². The smallest absolute Gasteiger partial charge is 0.318 e. The molecule has 0 aliphatic carbocycles. The second kappa shape index (κ2) is 5.58. The summed E-state index contributed by atoms with van der Waals surface area (Å²) < 4.78 is 10.8. The van der Waals surface area contributed by atoms with Gasteiger partial charge in [0.2, 0.25) is 0 Å². The van der Waals surface area contributed by atoms with Gasteiger partial charge in [0.05, 0.1) is 13.2 Å². The molecule has 2 aromatic carbocycles. The zero-order chi connectivity index (χ0) is 14.7. The summed E-state index contributed by atoms with van der Waals surface area (Å²) in [5.74, 6) is -0.116. The summed E-state index contributed by atoms with van der Waals surface area (Å²) in [5.41, 5.74) is 0.960. The molecule has 2 aromatic rings. The largest absolute Gasteiger partial charge is 0.489 e. The Labute approximate surface area is 122 Å². The first-order chi connectivity index (χ1) is 10.2. The van der Waals surface area contributed by atoms with Crippen LogP contribution in [0.1, 0.15) is 11.1 Å². The molecule has 108 valence electrons. The summed E-state index contributed by atoms with van der Waals surface area (Å²) in [7, 11) is 0. The third kappa shape index (κ3) is 2.62. The van der Waals surface area contributed by atoms with Crippen molar-refractivity contribution in [1.82, 2.24) is 0 Å². The first-order valence-electron chi connectivity index (χ1n) is 6.79. The van der Waals surface area contributed by atoms with Gasteiger partial charge in [-0.05, 0) is 23.3 Å². The summed E-state index contributed by atoms with van der Waals surface area (Å²) in [6.07, 6.45) is 0. The number of rotatable bonds is 5. The van der Waals surface area contributed by atoms with E-state index in [1.807, 2.05) is 30.3 Å². The molecule has 1 N–H and O–H groups in total. The van der Waals surface area contributed by atoms with E-state index in [1.54, 1.807) is 24.3 Å². The van der Waals surface area contributed by atoms with Crippen molar-refractivity contribution in [2.75, 3.05) is 13.2 Å². The lowest BCUT2D eigenvalue weighted by Crippen LogP contribution is -2.53. The van der Waals surface area contributed by atoms with E-state index in [2.05, 4.69) is 0 Å². The van der Waals surface area contributed by atoms with Crippen LogP contribution in [0.4, 0.5) is 0 Å². The van der Waals surface area contributed by atoms with Crippen molar-refractivity contribution in [1.29, 1.82) is 0 Å². The third-order valence-corrected chi connectivity index (χ3v) is 3.76. The highest BCUT2D eigenvalue weighted by molar-refractivity contribution is 5.83. The van der Waals surface area contributed by atoms with Crippen LogP contribution in [0, 0.1) is 0 Å². The fraction of sp³-hybridized carbons (Fsp3) is 0.235. The number of hydrogen-bond donors (Lipinski definition) is 1. The molecular weight excluding hydrogens is 268 g/mol. The minimum atomic E-state index is -0.891. The van der Waals surface area contributed by atoms with Crippen molar-refractivity contribution < 1.29 is 19.4 Å². The first-order valence-corrected chi connectivity index (χ1v) is 6.79. The number of ether oxygens (including phenoxy) is 2. The molecule has 3 rings (SSSR count). The highest BCUT2D eigenvalue weighted by Crippen LogP contribution is 2.33. The number of aliphatic carboxylic acids is 1. The standard InChI is InChI=1S/C17H16O4/c18-16(19)17(11-20-12-17)14-6-8-15(9-7-14)21-10-13-4-2-1-3-5-13/h1-9H,10-12H2,(H,18,19). The van der Waals surface area contributed by atoms with Gasteiger partial charge in [-0.3, -0.25) is 4.79 Å². The summed E-state index contributed by atoms with van der Waals surface area (Å²) >= 11 is 0. The lowest BCUT2D eigenvalue weighted by molar-refractivity contribution is -0.163. The van der Waals surface area contributed by atoms with Gasteiger partial charge in [0.25, 0.3) is 0 Å². The molecule has 0 bridgehead atoms. The highest BCUT2D eigenvalue weighted by Gasteiger charge is 2.47. The number of carbonyl (C=O) groups is 1. The summed E-state index contributed by atoms with van der Waals surface area (Å²) in [4.78, 5) is 11.4. The van der Waals surface area contributed by atoms with Crippen LogP contribution in [-0.2, 0) is 21.6 Å². The van der Waals surface area contributed by atoms with Crippen molar-refractivity contribution >= 4 is 5.97 Å². The molecule has 0 unspecified atom stereocenters. The average molecular weight is 284 g/mol. The van der Waals surface area contributed by atoms with Crippen LogP contribution in [0.25, 0.3) is 0 Å². The first kappa shape index (κ1) is 13.6. The zero-order valence-electron chi connectivity index (χ0n) is 11.5. The molecule has 0 saturated carbocycles. The molecule has 1 heterocycles. The maximum Gasteiger partial charge on any atom is 0.318 e. The molecule has 0 spiro atoms. The molecule has 4 nitrogen and oxygen atoms in total. The minimum absolute atomic E-state index is 0.229. The van der Waals surface area contributed by atoms with Gasteiger partial charge in [0.15, 0.2) is 0 Å². The molecule has 0 amide bonds.